The van der Waals surface area contributed by atoms with Gasteiger partial charge in [0, 0.05) is 53.1 Å². The number of pyridine rings is 1. The Balaban J connectivity index is 1.44. The lowest BCUT2D eigenvalue weighted by Gasteiger charge is -2.16. The lowest BCUT2D eigenvalue weighted by atomic mass is 9.98. The summed E-state index contributed by atoms with van der Waals surface area (Å²) in [6, 6.07) is 13.9. The largest absolute Gasteiger partial charge is 0.352 e. The maximum atomic E-state index is 14.1. The molecule has 5 aromatic rings. The molecule has 184 valence electrons. The van der Waals surface area contributed by atoms with Gasteiger partial charge in [0.25, 0.3) is 0 Å². The lowest BCUT2D eigenvalue weighted by Crippen LogP contribution is -2.20. The second-order valence-corrected chi connectivity index (χ2v) is 11.0. The van der Waals surface area contributed by atoms with E-state index in [2.05, 4.69) is 49.3 Å². The molecule has 6 heterocycles. The van der Waals surface area contributed by atoms with Crippen LogP contribution in [-0.2, 0) is 6.54 Å². The van der Waals surface area contributed by atoms with Crippen molar-refractivity contribution in [2.45, 2.75) is 19.4 Å². The zero-order valence-electron chi connectivity index (χ0n) is 20.1. The van der Waals surface area contributed by atoms with Crippen molar-refractivity contribution >= 4 is 34.0 Å². The van der Waals surface area contributed by atoms with E-state index < -0.39 is 0 Å². The van der Waals surface area contributed by atoms with Crippen LogP contribution in [0.15, 0.2) is 60.9 Å². The molecule has 0 spiro atoms. The number of nitrogens with zero attached hydrogens (tertiary/aromatic N) is 3. The molecule has 0 amide bonds. The van der Waals surface area contributed by atoms with Crippen molar-refractivity contribution in [1.29, 1.82) is 5.41 Å². The van der Waals surface area contributed by atoms with E-state index in [1.165, 1.54) is 17.8 Å². The monoisotopic (exact) mass is 508 g/mol. The third-order valence-corrected chi connectivity index (χ3v) is 8.41. The lowest BCUT2D eigenvalue weighted by molar-refractivity contribution is 0.317. The number of H-pyrrole nitrogens is 2. The minimum atomic E-state index is -0.209. The second-order valence-electron chi connectivity index (χ2n) is 9.92. The van der Waals surface area contributed by atoms with Crippen LogP contribution in [0.2, 0.25) is 0 Å². The molecule has 0 aliphatic carbocycles. The first kappa shape index (κ1) is 22.3. The molecule has 1 aromatic carbocycles. The summed E-state index contributed by atoms with van der Waals surface area (Å²) < 4.78 is 14.1. The number of allylic oxidation sites excluding steroid dienone is 1. The third-order valence-electron chi connectivity index (χ3n) is 7.50. The fraction of sp³-hybridized carbons (Fsp3) is 0.207. The van der Waals surface area contributed by atoms with E-state index in [9.17, 15) is 4.39 Å². The Morgan fingerprint density at radius 1 is 1.11 bits per heavy atom. The number of rotatable bonds is 2. The number of hydrogen-bond donors (Lipinski definition) is 3. The number of fused-ring (bicyclic) bond motifs is 9. The molecule has 2 unspecified atom stereocenters. The summed E-state index contributed by atoms with van der Waals surface area (Å²) in [5, 5.41) is 16.7. The average Bonchev–Trinajstić information content (AvgIpc) is 3.70. The van der Waals surface area contributed by atoms with Gasteiger partial charge in [0.15, 0.2) is 5.13 Å². The fourth-order valence-electron chi connectivity index (χ4n) is 5.66. The molecule has 37 heavy (non-hydrogen) atoms. The van der Waals surface area contributed by atoms with Crippen molar-refractivity contribution in [3.63, 3.8) is 0 Å². The normalized spacial score (nSPS) is 20.6. The predicted molar refractivity (Wildman–Crippen MR) is 146 cm³/mol. The summed E-state index contributed by atoms with van der Waals surface area (Å²) in [4.78, 5) is 11.3. The van der Waals surface area contributed by atoms with Gasteiger partial charge in [-0.2, -0.15) is 9.49 Å². The second kappa shape index (κ2) is 8.90. The van der Waals surface area contributed by atoms with Crippen LogP contribution in [0.1, 0.15) is 34.5 Å². The average molecular weight is 509 g/mol. The first-order valence-corrected chi connectivity index (χ1v) is 13.3. The SMILES string of the molecule is N=Cc1[nH]c2cc1/C(c1ccc(F)s1)=C\CC1CCN(Cc3cncc(c3)-c3ccc4[nH]nc-2c4c3)C1. The molecule has 8 heteroatoms. The predicted octanol–water partition coefficient (Wildman–Crippen LogP) is 6.48. The van der Waals surface area contributed by atoms with Crippen LogP contribution in [0.5, 0.6) is 0 Å². The smallest absolute Gasteiger partial charge is 0.176 e. The van der Waals surface area contributed by atoms with Gasteiger partial charge in [-0.3, -0.25) is 15.0 Å². The van der Waals surface area contributed by atoms with Gasteiger partial charge in [0.1, 0.15) is 5.69 Å². The highest BCUT2D eigenvalue weighted by Gasteiger charge is 2.24. The number of halogens is 1. The van der Waals surface area contributed by atoms with Gasteiger partial charge in [0.2, 0.25) is 0 Å². The number of benzene rings is 1. The van der Waals surface area contributed by atoms with Crippen molar-refractivity contribution < 1.29 is 4.39 Å². The van der Waals surface area contributed by atoms with Gasteiger partial charge in [-0.25, -0.2) is 0 Å². The van der Waals surface area contributed by atoms with E-state index in [-0.39, 0.29) is 5.13 Å². The molecule has 2 aliphatic heterocycles. The van der Waals surface area contributed by atoms with Gasteiger partial charge in [-0.05, 0) is 78.4 Å². The van der Waals surface area contributed by atoms with E-state index >= 15 is 0 Å². The molecule has 0 radical (unpaired) electrons. The number of aromatic amines is 2. The van der Waals surface area contributed by atoms with Crippen molar-refractivity contribution in [3.8, 4) is 22.5 Å². The first-order chi connectivity index (χ1) is 18.1. The quantitative estimate of drug-likeness (QED) is 0.239. The van der Waals surface area contributed by atoms with Gasteiger partial charge in [-0.1, -0.05) is 12.1 Å². The van der Waals surface area contributed by atoms with Crippen LogP contribution in [0.25, 0.3) is 39.0 Å². The summed E-state index contributed by atoms with van der Waals surface area (Å²) in [5.74, 6) is 0.523. The van der Waals surface area contributed by atoms with Gasteiger partial charge < -0.3 is 10.4 Å². The van der Waals surface area contributed by atoms with Crippen molar-refractivity contribution in [2.75, 3.05) is 13.1 Å². The van der Waals surface area contributed by atoms with Crippen molar-refractivity contribution in [2.24, 2.45) is 5.92 Å². The molecule has 0 saturated carbocycles. The molecular formula is C29H25FN6S. The zero-order chi connectivity index (χ0) is 24.9. The Hall–Kier alpha value is -3.88. The molecule has 2 aliphatic rings. The Labute approximate surface area is 217 Å². The van der Waals surface area contributed by atoms with Gasteiger partial charge in [-0.15, -0.1) is 11.3 Å². The number of thiophene rings is 1. The highest BCUT2D eigenvalue weighted by atomic mass is 32.1. The molecule has 3 N–H and O–H groups in total. The van der Waals surface area contributed by atoms with Crippen molar-refractivity contribution in [1.82, 2.24) is 25.1 Å². The Morgan fingerprint density at radius 3 is 2.92 bits per heavy atom. The standard InChI is InChI=1S/C29H25FN6S/c30-28-6-5-27(37-28)21-3-1-17-7-8-36(15-17)16-18-9-20(14-32-13-18)19-2-4-24-23(10-19)29(35-34-24)25-11-22(21)26(12-31)33-25/h2-6,9-14,17,31,33H,1,7-8,15-16H2,(H,34,35)/b21-3+,31-12?. The fourth-order valence-corrected chi connectivity index (χ4v) is 6.45. The molecule has 4 aromatic heterocycles. The molecule has 2 atom stereocenters. The summed E-state index contributed by atoms with van der Waals surface area (Å²) in [6.45, 7) is 2.95. The molecule has 8 bridgehead atoms. The summed E-state index contributed by atoms with van der Waals surface area (Å²) in [5.41, 5.74) is 8.49. The van der Waals surface area contributed by atoms with E-state index in [0.717, 1.165) is 93.2 Å². The minimum Gasteiger partial charge on any atom is -0.352 e. The summed E-state index contributed by atoms with van der Waals surface area (Å²) in [7, 11) is 0. The van der Waals surface area contributed by atoms with E-state index in [1.54, 1.807) is 0 Å². The summed E-state index contributed by atoms with van der Waals surface area (Å²) in [6.07, 6.45) is 9.48. The van der Waals surface area contributed by atoms with Crippen LogP contribution in [0.3, 0.4) is 0 Å². The van der Waals surface area contributed by atoms with E-state index in [4.69, 9.17) is 5.41 Å². The first-order valence-electron chi connectivity index (χ1n) is 12.5. The maximum absolute atomic E-state index is 14.1. The van der Waals surface area contributed by atoms with Crippen LogP contribution < -0.4 is 0 Å². The third kappa shape index (κ3) is 4.02. The molecule has 1 fully saturated rings. The van der Waals surface area contributed by atoms with Crippen LogP contribution in [0.4, 0.5) is 4.39 Å². The van der Waals surface area contributed by atoms with E-state index in [0.29, 0.717) is 11.6 Å². The summed E-state index contributed by atoms with van der Waals surface area (Å²) >= 11 is 1.15. The van der Waals surface area contributed by atoms with Gasteiger partial charge in [0.05, 0.1) is 16.9 Å². The highest BCUT2D eigenvalue weighted by molar-refractivity contribution is 7.11. The number of aromatic nitrogens is 4. The van der Waals surface area contributed by atoms with E-state index in [1.807, 2.05) is 30.6 Å². The topological polar surface area (TPSA) is 84.5 Å². The molecule has 1 saturated heterocycles. The maximum Gasteiger partial charge on any atom is 0.176 e. The van der Waals surface area contributed by atoms with Crippen molar-refractivity contribution in [3.05, 3.63) is 87.8 Å². The highest BCUT2D eigenvalue weighted by Crippen LogP contribution is 2.37. The Morgan fingerprint density at radius 2 is 2.05 bits per heavy atom. The number of nitrogens with one attached hydrogen (secondary N) is 3. The van der Waals surface area contributed by atoms with Gasteiger partial charge >= 0.3 is 0 Å². The minimum absolute atomic E-state index is 0.209. The van der Waals surface area contributed by atoms with Crippen LogP contribution in [0, 0.1) is 16.5 Å². The molecule has 7 rings (SSSR count). The van der Waals surface area contributed by atoms with Crippen LogP contribution in [-0.4, -0.2) is 44.4 Å². The molecule has 6 nitrogen and oxygen atoms in total. The zero-order valence-corrected chi connectivity index (χ0v) is 20.9. The Bertz CT molecular complexity index is 1670. The number of hydrogen-bond acceptors (Lipinski definition) is 5. The molecular weight excluding hydrogens is 483 g/mol. The van der Waals surface area contributed by atoms with Crippen LogP contribution >= 0.6 is 11.3 Å². The Kier molecular flexibility index (Phi) is 5.37.